The van der Waals surface area contributed by atoms with Crippen LogP contribution in [0.4, 0.5) is 16.2 Å². The number of urea groups is 1. The molecule has 0 bridgehead atoms. The Morgan fingerprint density at radius 1 is 1.47 bits per heavy atom. The van der Waals surface area contributed by atoms with Crippen LogP contribution in [0.3, 0.4) is 0 Å². The number of nitrogens with zero attached hydrogens (tertiary/aromatic N) is 1. The summed E-state index contributed by atoms with van der Waals surface area (Å²) in [5.41, 5.74) is 0.209. The Morgan fingerprint density at radius 3 is 2.59 bits per heavy atom. The molecule has 0 radical (unpaired) electrons. The summed E-state index contributed by atoms with van der Waals surface area (Å²) in [7, 11) is 0. The average Bonchev–Trinajstić information content (AvgIpc) is 2.19. The third kappa shape index (κ3) is 3.92. The molecule has 0 aromatic heterocycles. The van der Waals surface area contributed by atoms with E-state index in [2.05, 4.69) is 10.6 Å². The summed E-state index contributed by atoms with van der Waals surface area (Å²) in [5, 5.41) is 15.7. The van der Waals surface area contributed by atoms with Gasteiger partial charge in [0.2, 0.25) is 0 Å². The van der Waals surface area contributed by atoms with Crippen molar-refractivity contribution in [2.75, 3.05) is 5.32 Å². The van der Waals surface area contributed by atoms with E-state index in [1.54, 1.807) is 0 Å². The molecule has 6 nitrogen and oxygen atoms in total. The van der Waals surface area contributed by atoms with Crippen molar-refractivity contribution in [1.29, 1.82) is 0 Å². The highest BCUT2D eigenvalue weighted by Gasteiger charge is 2.11. The van der Waals surface area contributed by atoms with Crippen molar-refractivity contribution >= 4 is 29.0 Å². The van der Waals surface area contributed by atoms with Crippen molar-refractivity contribution in [2.24, 2.45) is 0 Å². The third-order valence-corrected chi connectivity index (χ3v) is 2.14. The van der Waals surface area contributed by atoms with Gasteiger partial charge in [-0.2, -0.15) is 0 Å². The first-order valence-electron chi connectivity index (χ1n) is 4.91. The minimum Gasteiger partial charge on any atom is -0.336 e. The molecule has 92 valence electrons. The molecular formula is C10H12ClN3O3. The normalized spacial score (nSPS) is 10.1. The number of rotatable bonds is 3. The Bertz CT molecular complexity index is 448. The zero-order valence-electron chi connectivity index (χ0n) is 9.36. The molecule has 2 N–H and O–H groups in total. The highest BCUT2D eigenvalue weighted by molar-refractivity contribution is 6.33. The smallest absolute Gasteiger partial charge is 0.319 e. The molecule has 1 aromatic carbocycles. The largest absolute Gasteiger partial charge is 0.336 e. The maximum absolute atomic E-state index is 11.4. The fraction of sp³-hybridized carbons (Fsp3) is 0.300. The molecule has 0 aliphatic carbocycles. The Morgan fingerprint density at radius 2 is 2.12 bits per heavy atom. The van der Waals surface area contributed by atoms with Gasteiger partial charge in [0.15, 0.2) is 0 Å². The van der Waals surface area contributed by atoms with E-state index < -0.39 is 11.0 Å². The molecule has 17 heavy (non-hydrogen) atoms. The van der Waals surface area contributed by atoms with Crippen LogP contribution in [0, 0.1) is 10.1 Å². The number of hydrogen-bond donors (Lipinski definition) is 2. The number of carbonyl (C=O) groups excluding carboxylic acids is 1. The average molecular weight is 258 g/mol. The summed E-state index contributed by atoms with van der Waals surface area (Å²) in [6.07, 6.45) is 0. The van der Waals surface area contributed by atoms with E-state index >= 15 is 0 Å². The van der Waals surface area contributed by atoms with E-state index in [1.165, 1.54) is 18.2 Å². The third-order valence-electron chi connectivity index (χ3n) is 1.83. The molecule has 0 heterocycles. The fourth-order valence-electron chi connectivity index (χ4n) is 1.14. The van der Waals surface area contributed by atoms with Crippen molar-refractivity contribution in [3.8, 4) is 0 Å². The lowest BCUT2D eigenvalue weighted by Crippen LogP contribution is -2.34. The molecule has 0 aliphatic heterocycles. The minimum absolute atomic E-state index is 0.00757. The van der Waals surface area contributed by atoms with Crippen LogP contribution in [-0.2, 0) is 0 Å². The molecule has 0 unspecified atom stereocenters. The summed E-state index contributed by atoms with van der Waals surface area (Å²) in [5.74, 6) is 0. The van der Waals surface area contributed by atoms with Crippen LogP contribution in [0.2, 0.25) is 5.02 Å². The quantitative estimate of drug-likeness (QED) is 0.645. The molecule has 0 spiro atoms. The Kier molecular flexibility index (Phi) is 4.28. The second-order valence-corrected chi connectivity index (χ2v) is 4.08. The van der Waals surface area contributed by atoms with E-state index in [4.69, 9.17) is 11.6 Å². The summed E-state index contributed by atoms with van der Waals surface area (Å²) >= 11 is 5.81. The number of benzene rings is 1. The van der Waals surface area contributed by atoms with Crippen LogP contribution in [0.15, 0.2) is 18.2 Å². The summed E-state index contributed by atoms with van der Waals surface area (Å²) in [6, 6.07) is 3.44. The molecule has 2 amide bonds. The zero-order chi connectivity index (χ0) is 13.0. The van der Waals surface area contributed by atoms with Gasteiger partial charge < -0.3 is 10.6 Å². The molecule has 0 atom stereocenters. The van der Waals surface area contributed by atoms with Gasteiger partial charge in [-0.15, -0.1) is 0 Å². The SMILES string of the molecule is CC(C)NC(=O)Nc1ccc([N+](=O)[O-])cc1Cl. The number of nitrogens with one attached hydrogen (secondary N) is 2. The summed E-state index contributed by atoms with van der Waals surface area (Å²) in [6.45, 7) is 3.63. The maximum atomic E-state index is 11.4. The van der Waals surface area contributed by atoms with Crippen molar-refractivity contribution in [2.45, 2.75) is 19.9 Å². The summed E-state index contributed by atoms with van der Waals surface area (Å²) in [4.78, 5) is 21.3. The number of non-ortho nitro benzene ring substituents is 1. The Balaban J connectivity index is 2.79. The first-order chi connectivity index (χ1) is 7.90. The zero-order valence-corrected chi connectivity index (χ0v) is 10.1. The highest BCUT2D eigenvalue weighted by Crippen LogP contribution is 2.26. The lowest BCUT2D eigenvalue weighted by molar-refractivity contribution is -0.384. The lowest BCUT2D eigenvalue weighted by Gasteiger charge is -2.10. The second kappa shape index (κ2) is 5.49. The number of nitro groups is 1. The Hall–Kier alpha value is -1.82. The van der Waals surface area contributed by atoms with Gasteiger partial charge in [-0.3, -0.25) is 10.1 Å². The predicted molar refractivity (Wildman–Crippen MR) is 65.4 cm³/mol. The molecule has 0 saturated carbocycles. The number of hydrogen-bond acceptors (Lipinski definition) is 3. The molecule has 0 saturated heterocycles. The maximum Gasteiger partial charge on any atom is 0.319 e. The van der Waals surface area contributed by atoms with Crippen LogP contribution in [0.5, 0.6) is 0 Å². The molecular weight excluding hydrogens is 246 g/mol. The van der Waals surface area contributed by atoms with Gasteiger partial charge in [-0.25, -0.2) is 4.79 Å². The van der Waals surface area contributed by atoms with Gasteiger partial charge in [-0.05, 0) is 19.9 Å². The molecule has 0 aliphatic rings. The standard InChI is InChI=1S/C10H12ClN3O3/c1-6(2)12-10(15)13-9-4-3-7(14(16)17)5-8(9)11/h3-6H,1-2H3,(H2,12,13,15). The van der Waals surface area contributed by atoms with Crippen molar-refractivity contribution in [3.63, 3.8) is 0 Å². The molecule has 0 fully saturated rings. The second-order valence-electron chi connectivity index (χ2n) is 3.67. The van der Waals surface area contributed by atoms with E-state index in [-0.39, 0.29) is 16.8 Å². The first-order valence-corrected chi connectivity index (χ1v) is 5.29. The topological polar surface area (TPSA) is 84.3 Å². The van der Waals surface area contributed by atoms with Crippen molar-refractivity contribution in [1.82, 2.24) is 5.32 Å². The first kappa shape index (κ1) is 13.2. The van der Waals surface area contributed by atoms with E-state index in [0.717, 1.165) is 0 Å². The lowest BCUT2D eigenvalue weighted by atomic mass is 10.3. The number of halogens is 1. The minimum atomic E-state index is -0.552. The number of carbonyl (C=O) groups is 1. The molecule has 1 rings (SSSR count). The van der Waals surface area contributed by atoms with Gasteiger partial charge >= 0.3 is 6.03 Å². The van der Waals surface area contributed by atoms with Crippen LogP contribution >= 0.6 is 11.6 Å². The van der Waals surface area contributed by atoms with Gasteiger partial charge in [0.25, 0.3) is 5.69 Å². The molecule has 1 aromatic rings. The summed E-state index contributed by atoms with van der Waals surface area (Å²) < 4.78 is 0. The van der Waals surface area contributed by atoms with Gasteiger partial charge in [0.1, 0.15) is 0 Å². The Labute approximate surface area is 103 Å². The van der Waals surface area contributed by atoms with E-state index in [9.17, 15) is 14.9 Å². The number of amides is 2. The number of anilines is 1. The van der Waals surface area contributed by atoms with Gasteiger partial charge in [-0.1, -0.05) is 11.6 Å². The van der Waals surface area contributed by atoms with Gasteiger partial charge in [0.05, 0.1) is 15.6 Å². The van der Waals surface area contributed by atoms with Crippen molar-refractivity contribution in [3.05, 3.63) is 33.3 Å². The van der Waals surface area contributed by atoms with Gasteiger partial charge in [0, 0.05) is 18.2 Å². The van der Waals surface area contributed by atoms with Crippen LogP contribution in [0.1, 0.15) is 13.8 Å². The van der Waals surface area contributed by atoms with Crippen LogP contribution in [0.25, 0.3) is 0 Å². The number of nitro benzene ring substituents is 1. The van der Waals surface area contributed by atoms with Crippen LogP contribution < -0.4 is 10.6 Å². The van der Waals surface area contributed by atoms with E-state index in [1.807, 2.05) is 13.8 Å². The monoisotopic (exact) mass is 257 g/mol. The van der Waals surface area contributed by atoms with E-state index in [0.29, 0.717) is 5.69 Å². The highest BCUT2D eigenvalue weighted by atomic mass is 35.5. The molecule has 7 heteroatoms. The predicted octanol–water partition coefficient (Wildman–Crippen LogP) is 2.78. The van der Waals surface area contributed by atoms with Crippen molar-refractivity contribution < 1.29 is 9.72 Å². The van der Waals surface area contributed by atoms with Crippen LogP contribution in [-0.4, -0.2) is 17.0 Å². The fourth-order valence-corrected chi connectivity index (χ4v) is 1.36.